The van der Waals surface area contributed by atoms with Crippen molar-refractivity contribution in [3.63, 3.8) is 0 Å². The molecule has 0 bridgehead atoms. The molecule has 2 fully saturated rings. The molecule has 2 heterocycles. The van der Waals surface area contributed by atoms with Crippen molar-refractivity contribution in [2.75, 3.05) is 44.3 Å². The van der Waals surface area contributed by atoms with E-state index in [0.29, 0.717) is 13.2 Å². The molecule has 0 aromatic heterocycles. The van der Waals surface area contributed by atoms with Crippen LogP contribution in [0.5, 0.6) is 5.75 Å². The molecule has 0 spiro atoms. The summed E-state index contributed by atoms with van der Waals surface area (Å²) in [5.74, 6) is 0.467. The summed E-state index contributed by atoms with van der Waals surface area (Å²) in [6.07, 6.45) is -0.0284. The molecule has 6 heteroatoms. The molecule has 0 saturated carbocycles. The van der Waals surface area contributed by atoms with Gasteiger partial charge >= 0.3 is 0 Å². The summed E-state index contributed by atoms with van der Waals surface area (Å²) in [5, 5.41) is 0. The van der Waals surface area contributed by atoms with E-state index in [1.54, 1.807) is 6.92 Å². The van der Waals surface area contributed by atoms with Crippen LogP contribution in [0.3, 0.4) is 0 Å². The minimum absolute atomic E-state index is 0.0284. The lowest BCUT2D eigenvalue weighted by atomic mass is 10.2. The zero-order valence-electron chi connectivity index (χ0n) is 14.7. The maximum Gasteiger partial charge on any atom is 0.219 e. The Morgan fingerprint density at radius 3 is 2.42 bits per heavy atom. The summed E-state index contributed by atoms with van der Waals surface area (Å²) in [6, 6.07) is 8.09. The van der Waals surface area contributed by atoms with E-state index in [1.165, 1.54) is 0 Å². The maximum atomic E-state index is 11.4. The predicted octanol–water partition coefficient (Wildman–Crippen LogP) is 1.89. The quantitative estimate of drug-likeness (QED) is 0.842. The standard InChI is InChI=1S/C18H26N2O4/c1-14(21)19-8-10-20(11-9-19)15-4-6-16(7-5-15)22-12-17-13-23-18(2,3)24-17/h4-7,17H,8-13H2,1-3H3. The Hall–Kier alpha value is -1.79. The van der Waals surface area contributed by atoms with Gasteiger partial charge in [0.15, 0.2) is 5.79 Å². The van der Waals surface area contributed by atoms with Gasteiger partial charge < -0.3 is 24.0 Å². The summed E-state index contributed by atoms with van der Waals surface area (Å²) in [7, 11) is 0. The van der Waals surface area contributed by atoms with Gasteiger partial charge in [0, 0.05) is 38.8 Å². The highest BCUT2D eigenvalue weighted by Crippen LogP contribution is 2.24. The van der Waals surface area contributed by atoms with E-state index >= 15 is 0 Å². The van der Waals surface area contributed by atoms with Gasteiger partial charge in [-0.2, -0.15) is 0 Å². The van der Waals surface area contributed by atoms with Crippen molar-refractivity contribution in [1.29, 1.82) is 0 Å². The van der Waals surface area contributed by atoms with Gasteiger partial charge in [0.25, 0.3) is 0 Å². The van der Waals surface area contributed by atoms with Gasteiger partial charge in [-0.1, -0.05) is 0 Å². The fraction of sp³-hybridized carbons (Fsp3) is 0.611. The molecule has 24 heavy (non-hydrogen) atoms. The first-order valence-corrected chi connectivity index (χ1v) is 8.48. The second-order valence-corrected chi connectivity index (χ2v) is 6.75. The van der Waals surface area contributed by atoms with E-state index in [1.807, 2.05) is 30.9 Å². The second-order valence-electron chi connectivity index (χ2n) is 6.75. The Bertz CT molecular complexity index is 565. The summed E-state index contributed by atoms with van der Waals surface area (Å²) in [5.41, 5.74) is 1.16. The molecule has 6 nitrogen and oxygen atoms in total. The molecule has 3 rings (SSSR count). The van der Waals surface area contributed by atoms with Crippen molar-refractivity contribution in [2.24, 2.45) is 0 Å². The van der Waals surface area contributed by atoms with Crippen LogP contribution in [0.1, 0.15) is 20.8 Å². The van der Waals surface area contributed by atoms with Crippen molar-refractivity contribution in [1.82, 2.24) is 4.90 Å². The molecular weight excluding hydrogens is 308 g/mol. The van der Waals surface area contributed by atoms with Crippen LogP contribution in [0.15, 0.2) is 24.3 Å². The highest BCUT2D eigenvalue weighted by molar-refractivity contribution is 5.73. The summed E-state index contributed by atoms with van der Waals surface area (Å²) < 4.78 is 17.1. The molecule has 1 aromatic rings. The van der Waals surface area contributed by atoms with Crippen molar-refractivity contribution < 1.29 is 19.0 Å². The number of rotatable bonds is 4. The monoisotopic (exact) mass is 334 g/mol. The van der Waals surface area contributed by atoms with Crippen molar-refractivity contribution in [2.45, 2.75) is 32.7 Å². The SMILES string of the molecule is CC(=O)N1CCN(c2ccc(OCC3COC(C)(C)O3)cc2)CC1. The molecule has 0 radical (unpaired) electrons. The van der Waals surface area contributed by atoms with Gasteiger partial charge in [0.05, 0.1) is 6.61 Å². The first-order chi connectivity index (χ1) is 11.4. The van der Waals surface area contributed by atoms with Crippen LogP contribution >= 0.6 is 0 Å². The minimum atomic E-state index is -0.514. The molecule has 0 N–H and O–H groups in total. The number of carbonyl (C=O) groups excluding carboxylic acids is 1. The van der Waals surface area contributed by atoms with Crippen molar-refractivity contribution >= 4 is 11.6 Å². The second kappa shape index (κ2) is 6.99. The molecule has 1 aromatic carbocycles. The van der Waals surface area contributed by atoms with Crippen LogP contribution in [-0.2, 0) is 14.3 Å². The van der Waals surface area contributed by atoms with E-state index in [9.17, 15) is 4.79 Å². The minimum Gasteiger partial charge on any atom is -0.491 e. The molecule has 2 saturated heterocycles. The third kappa shape index (κ3) is 4.19. The lowest BCUT2D eigenvalue weighted by Crippen LogP contribution is -2.48. The van der Waals surface area contributed by atoms with E-state index in [0.717, 1.165) is 37.6 Å². The van der Waals surface area contributed by atoms with Gasteiger partial charge in [0.1, 0.15) is 18.5 Å². The smallest absolute Gasteiger partial charge is 0.219 e. The summed E-state index contributed by atoms with van der Waals surface area (Å²) in [6.45, 7) is 9.78. The first-order valence-electron chi connectivity index (χ1n) is 8.48. The van der Waals surface area contributed by atoms with Crippen LogP contribution in [0.25, 0.3) is 0 Å². The highest BCUT2D eigenvalue weighted by Gasteiger charge is 2.32. The zero-order valence-corrected chi connectivity index (χ0v) is 14.7. The average molecular weight is 334 g/mol. The Kier molecular flexibility index (Phi) is 4.96. The fourth-order valence-corrected chi connectivity index (χ4v) is 3.07. The number of hydrogen-bond donors (Lipinski definition) is 0. The predicted molar refractivity (Wildman–Crippen MR) is 91.3 cm³/mol. The Balaban J connectivity index is 1.48. The number of benzene rings is 1. The Morgan fingerprint density at radius 2 is 1.88 bits per heavy atom. The Morgan fingerprint density at radius 1 is 1.21 bits per heavy atom. The first kappa shape index (κ1) is 17.0. The normalized spacial score (nSPS) is 23.4. The largest absolute Gasteiger partial charge is 0.491 e. The highest BCUT2D eigenvalue weighted by atomic mass is 16.7. The number of carbonyl (C=O) groups is 1. The van der Waals surface area contributed by atoms with Gasteiger partial charge in [0.2, 0.25) is 5.91 Å². The van der Waals surface area contributed by atoms with Crippen LogP contribution in [-0.4, -0.2) is 62.1 Å². The van der Waals surface area contributed by atoms with E-state index < -0.39 is 5.79 Å². The zero-order chi connectivity index (χ0) is 17.2. The lowest BCUT2D eigenvalue weighted by Gasteiger charge is -2.35. The van der Waals surface area contributed by atoms with Gasteiger partial charge in [-0.05, 0) is 38.1 Å². The van der Waals surface area contributed by atoms with Crippen molar-refractivity contribution in [3.8, 4) is 5.75 Å². The van der Waals surface area contributed by atoms with Crippen LogP contribution in [0, 0.1) is 0 Å². The topological polar surface area (TPSA) is 51.2 Å². The van der Waals surface area contributed by atoms with E-state index in [-0.39, 0.29) is 12.0 Å². The van der Waals surface area contributed by atoms with E-state index in [4.69, 9.17) is 14.2 Å². The maximum absolute atomic E-state index is 11.4. The fourth-order valence-electron chi connectivity index (χ4n) is 3.07. The van der Waals surface area contributed by atoms with E-state index in [2.05, 4.69) is 17.0 Å². The van der Waals surface area contributed by atoms with Crippen molar-refractivity contribution in [3.05, 3.63) is 24.3 Å². The average Bonchev–Trinajstić information content (AvgIpc) is 2.93. The number of amides is 1. The summed E-state index contributed by atoms with van der Waals surface area (Å²) >= 11 is 0. The molecule has 2 aliphatic rings. The molecule has 2 aliphatic heterocycles. The van der Waals surface area contributed by atoms with Gasteiger partial charge in [-0.15, -0.1) is 0 Å². The number of piperazine rings is 1. The van der Waals surface area contributed by atoms with Crippen LogP contribution < -0.4 is 9.64 Å². The van der Waals surface area contributed by atoms with Gasteiger partial charge in [-0.3, -0.25) is 4.79 Å². The summed E-state index contributed by atoms with van der Waals surface area (Å²) in [4.78, 5) is 15.6. The molecule has 1 amide bonds. The molecule has 0 aliphatic carbocycles. The number of nitrogens with zero attached hydrogens (tertiary/aromatic N) is 2. The molecule has 1 unspecified atom stereocenters. The third-order valence-electron chi connectivity index (χ3n) is 4.43. The molecular formula is C18H26N2O4. The number of ether oxygens (including phenoxy) is 3. The lowest BCUT2D eigenvalue weighted by molar-refractivity contribution is -0.141. The van der Waals surface area contributed by atoms with Gasteiger partial charge in [-0.25, -0.2) is 0 Å². The molecule has 1 atom stereocenters. The van der Waals surface area contributed by atoms with Crippen LogP contribution in [0.2, 0.25) is 0 Å². The Labute approximate surface area is 143 Å². The number of hydrogen-bond acceptors (Lipinski definition) is 5. The molecule has 132 valence electrons. The number of anilines is 1. The third-order valence-corrected chi connectivity index (χ3v) is 4.43. The van der Waals surface area contributed by atoms with Crippen LogP contribution in [0.4, 0.5) is 5.69 Å².